The van der Waals surface area contributed by atoms with Gasteiger partial charge in [0.05, 0.1) is 11.9 Å². The second-order valence-electron chi connectivity index (χ2n) is 6.74. The monoisotopic (exact) mass is 345 g/mol. The third-order valence-electron chi connectivity index (χ3n) is 4.72. The van der Waals surface area contributed by atoms with Crippen molar-refractivity contribution in [3.8, 4) is 11.3 Å². The van der Waals surface area contributed by atoms with Crippen molar-refractivity contribution in [3.63, 3.8) is 0 Å². The van der Waals surface area contributed by atoms with Crippen molar-refractivity contribution in [3.05, 3.63) is 72.4 Å². The van der Waals surface area contributed by atoms with E-state index >= 15 is 0 Å². The predicted octanol–water partition coefficient (Wildman–Crippen LogP) is 3.62. The van der Waals surface area contributed by atoms with Crippen molar-refractivity contribution < 1.29 is 0 Å². The summed E-state index contributed by atoms with van der Waals surface area (Å²) in [6.07, 6.45) is 4.02. The van der Waals surface area contributed by atoms with Crippen molar-refractivity contribution in [1.82, 2.24) is 20.1 Å². The standard InChI is InChI=1S/C21H23N5/c1-3-8-17(9-4-1)15-26-13-7-12-19(16-26)23-21-24-20(14-22-25-21)18-10-5-2-6-11-18/h1-6,8-11,14,19H,7,12-13,15-16H2,(H,23,24,25). The van der Waals surface area contributed by atoms with E-state index < -0.39 is 0 Å². The van der Waals surface area contributed by atoms with Crippen LogP contribution in [0.3, 0.4) is 0 Å². The van der Waals surface area contributed by atoms with Gasteiger partial charge in [0, 0.05) is 24.7 Å². The van der Waals surface area contributed by atoms with E-state index in [1.165, 1.54) is 12.0 Å². The van der Waals surface area contributed by atoms with Gasteiger partial charge in [-0.2, -0.15) is 5.10 Å². The Labute approximate surface area is 154 Å². The average molecular weight is 345 g/mol. The SMILES string of the molecule is c1ccc(CN2CCCC(Nc3nncc(-c4ccccc4)n3)C2)cc1. The summed E-state index contributed by atoms with van der Waals surface area (Å²) in [5, 5.41) is 11.8. The van der Waals surface area contributed by atoms with Gasteiger partial charge in [-0.05, 0) is 24.9 Å². The summed E-state index contributed by atoms with van der Waals surface area (Å²) < 4.78 is 0. The van der Waals surface area contributed by atoms with Crippen molar-refractivity contribution in [2.45, 2.75) is 25.4 Å². The fourth-order valence-electron chi connectivity index (χ4n) is 3.45. The topological polar surface area (TPSA) is 53.9 Å². The Hall–Kier alpha value is -2.79. The Morgan fingerprint density at radius 1 is 1.00 bits per heavy atom. The number of hydrogen-bond acceptors (Lipinski definition) is 5. The van der Waals surface area contributed by atoms with Crippen LogP contribution in [0.5, 0.6) is 0 Å². The van der Waals surface area contributed by atoms with E-state index in [9.17, 15) is 0 Å². The van der Waals surface area contributed by atoms with E-state index in [1.807, 2.05) is 30.3 Å². The number of anilines is 1. The zero-order valence-corrected chi connectivity index (χ0v) is 14.8. The van der Waals surface area contributed by atoms with Gasteiger partial charge in [0.2, 0.25) is 5.95 Å². The fraction of sp³-hybridized carbons (Fsp3) is 0.286. The van der Waals surface area contributed by atoms with Gasteiger partial charge in [0.15, 0.2) is 0 Å². The number of hydrogen-bond donors (Lipinski definition) is 1. The summed E-state index contributed by atoms with van der Waals surface area (Å²) in [5.74, 6) is 0.609. The fourth-order valence-corrected chi connectivity index (χ4v) is 3.45. The molecule has 3 aromatic rings. The molecule has 0 bridgehead atoms. The molecule has 0 saturated carbocycles. The summed E-state index contributed by atoms with van der Waals surface area (Å²) in [6, 6.07) is 21.1. The quantitative estimate of drug-likeness (QED) is 0.765. The molecule has 1 atom stereocenters. The number of nitrogens with one attached hydrogen (secondary N) is 1. The van der Waals surface area contributed by atoms with Crippen LogP contribution < -0.4 is 5.32 Å². The highest BCUT2D eigenvalue weighted by atomic mass is 15.3. The maximum atomic E-state index is 4.64. The van der Waals surface area contributed by atoms with Gasteiger partial charge in [-0.25, -0.2) is 4.98 Å². The Morgan fingerprint density at radius 3 is 2.58 bits per heavy atom. The van der Waals surface area contributed by atoms with E-state index in [4.69, 9.17) is 0 Å². The van der Waals surface area contributed by atoms with Crippen LogP contribution in [0.4, 0.5) is 5.95 Å². The molecular weight excluding hydrogens is 322 g/mol. The summed E-state index contributed by atoms with van der Waals surface area (Å²) in [5.41, 5.74) is 3.26. The molecule has 1 aliphatic rings. The molecule has 5 heteroatoms. The largest absolute Gasteiger partial charge is 0.349 e. The Kier molecular flexibility index (Phi) is 5.17. The first-order valence-corrected chi connectivity index (χ1v) is 9.15. The number of piperidine rings is 1. The Bertz CT molecular complexity index is 822. The van der Waals surface area contributed by atoms with Crippen molar-refractivity contribution in [1.29, 1.82) is 0 Å². The van der Waals surface area contributed by atoms with Crippen LogP contribution >= 0.6 is 0 Å². The van der Waals surface area contributed by atoms with Crippen LogP contribution in [-0.4, -0.2) is 39.2 Å². The van der Waals surface area contributed by atoms with Gasteiger partial charge in [-0.1, -0.05) is 60.7 Å². The lowest BCUT2D eigenvalue weighted by atomic mass is 10.0. The van der Waals surface area contributed by atoms with Crippen LogP contribution in [0, 0.1) is 0 Å². The number of benzene rings is 2. The highest BCUT2D eigenvalue weighted by Crippen LogP contribution is 2.19. The van der Waals surface area contributed by atoms with Crippen LogP contribution in [-0.2, 0) is 6.54 Å². The maximum Gasteiger partial charge on any atom is 0.243 e. The molecule has 26 heavy (non-hydrogen) atoms. The highest BCUT2D eigenvalue weighted by Gasteiger charge is 2.20. The van der Waals surface area contributed by atoms with Crippen LogP contribution in [0.1, 0.15) is 18.4 Å². The first kappa shape index (κ1) is 16.7. The molecule has 4 rings (SSSR count). The second-order valence-corrected chi connectivity index (χ2v) is 6.74. The number of rotatable bonds is 5. The molecule has 1 aromatic heterocycles. The molecule has 2 aromatic carbocycles. The molecule has 0 radical (unpaired) electrons. The van der Waals surface area contributed by atoms with Gasteiger partial charge >= 0.3 is 0 Å². The van der Waals surface area contributed by atoms with Gasteiger partial charge in [0.25, 0.3) is 0 Å². The second kappa shape index (κ2) is 8.06. The highest BCUT2D eigenvalue weighted by molar-refractivity contribution is 5.58. The van der Waals surface area contributed by atoms with Crippen molar-refractivity contribution in [2.24, 2.45) is 0 Å². The molecule has 0 amide bonds. The lowest BCUT2D eigenvalue weighted by Crippen LogP contribution is -2.41. The van der Waals surface area contributed by atoms with Crippen LogP contribution in [0.2, 0.25) is 0 Å². The maximum absolute atomic E-state index is 4.64. The minimum absolute atomic E-state index is 0.347. The minimum atomic E-state index is 0.347. The molecule has 1 unspecified atom stereocenters. The first-order valence-electron chi connectivity index (χ1n) is 9.15. The molecule has 132 valence electrons. The number of likely N-dealkylation sites (tertiary alicyclic amines) is 1. The smallest absolute Gasteiger partial charge is 0.243 e. The molecule has 0 spiro atoms. The molecular formula is C21H23N5. The third kappa shape index (κ3) is 4.24. The summed E-state index contributed by atoms with van der Waals surface area (Å²) >= 11 is 0. The lowest BCUT2D eigenvalue weighted by molar-refractivity contribution is 0.208. The average Bonchev–Trinajstić information content (AvgIpc) is 2.70. The summed E-state index contributed by atoms with van der Waals surface area (Å²) in [6.45, 7) is 3.12. The molecule has 2 heterocycles. The van der Waals surface area contributed by atoms with Crippen molar-refractivity contribution in [2.75, 3.05) is 18.4 Å². The van der Waals surface area contributed by atoms with Crippen molar-refractivity contribution >= 4 is 5.95 Å². The molecule has 5 nitrogen and oxygen atoms in total. The first-order chi connectivity index (χ1) is 12.9. The molecule has 1 saturated heterocycles. The molecule has 1 aliphatic heterocycles. The van der Waals surface area contributed by atoms with Crippen LogP contribution in [0.25, 0.3) is 11.3 Å². The van der Waals surface area contributed by atoms with E-state index in [2.05, 4.69) is 55.7 Å². The van der Waals surface area contributed by atoms with E-state index in [-0.39, 0.29) is 0 Å². The van der Waals surface area contributed by atoms with E-state index in [0.29, 0.717) is 12.0 Å². The van der Waals surface area contributed by atoms with Gasteiger partial charge in [-0.15, -0.1) is 5.10 Å². The Balaban J connectivity index is 1.41. The molecule has 1 N–H and O–H groups in total. The number of nitrogens with zero attached hydrogens (tertiary/aromatic N) is 4. The van der Waals surface area contributed by atoms with Gasteiger partial charge in [-0.3, -0.25) is 4.90 Å². The van der Waals surface area contributed by atoms with Crippen LogP contribution in [0.15, 0.2) is 66.9 Å². The summed E-state index contributed by atoms with van der Waals surface area (Å²) in [7, 11) is 0. The zero-order chi connectivity index (χ0) is 17.6. The van der Waals surface area contributed by atoms with Gasteiger partial charge < -0.3 is 5.32 Å². The summed E-state index contributed by atoms with van der Waals surface area (Å²) in [4.78, 5) is 7.13. The number of aromatic nitrogens is 3. The van der Waals surface area contributed by atoms with E-state index in [1.54, 1.807) is 6.20 Å². The van der Waals surface area contributed by atoms with Gasteiger partial charge in [0.1, 0.15) is 0 Å². The zero-order valence-electron chi connectivity index (χ0n) is 14.8. The Morgan fingerprint density at radius 2 is 1.77 bits per heavy atom. The predicted molar refractivity (Wildman–Crippen MR) is 104 cm³/mol. The van der Waals surface area contributed by atoms with E-state index in [0.717, 1.165) is 37.3 Å². The minimum Gasteiger partial charge on any atom is -0.349 e. The lowest BCUT2D eigenvalue weighted by Gasteiger charge is -2.33. The molecule has 0 aliphatic carbocycles. The molecule has 1 fully saturated rings. The normalized spacial score (nSPS) is 17.8. The third-order valence-corrected chi connectivity index (χ3v) is 4.72.